The van der Waals surface area contributed by atoms with E-state index in [0.717, 1.165) is 10.0 Å². The SMILES string of the molecule is CC(C)C(N)c1cc(F)ccc1Br. The van der Waals surface area contributed by atoms with Gasteiger partial charge in [-0.1, -0.05) is 29.8 Å². The summed E-state index contributed by atoms with van der Waals surface area (Å²) in [5, 5.41) is 0. The van der Waals surface area contributed by atoms with Crippen LogP contribution in [0.1, 0.15) is 25.5 Å². The fraction of sp³-hybridized carbons (Fsp3) is 0.400. The molecule has 0 saturated heterocycles. The molecule has 1 aromatic rings. The lowest BCUT2D eigenvalue weighted by Crippen LogP contribution is -2.17. The van der Waals surface area contributed by atoms with Crippen LogP contribution in [0.5, 0.6) is 0 Å². The number of nitrogens with two attached hydrogens (primary N) is 1. The summed E-state index contributed by atoms with van der Waals surface area (Å²) in [5.74, 6) is 0.0624. The molecule has 3 heteroatoms. The van der Waals surface area contributed by atoms with Crippen molar-refractivity contribution in [3.8, 4) is 0 Å². The highest BCUT2D eigenvalue weighted by Gasteiger charge is 2.13. The van der Waals surface area contributed by atoms with Gasteiger partial charge in [0.25, 0.3) is 0 Å². The molecule has 1 aromatic carbocycles. The Morgan fingerprint density at radius 3 is 2.54 bits per heavy atom. The van der Waals surface area contributed by atoms with E-state index in [1.165, 1.54) is 12.1 Å². The van der Waals surface area contributed by atoms with Crippen molar-refractivity contribution in [2.75, 3.05) is 0 Å². The van der Waals surface area contributed by atoms with Gasteiger partial charge in [0.15, 0.2) is 0 Å². The highest BCUT2D eigenvalue weighted by Crippen LogP contribution is 2.27. The predicted octanol–water partition coefficient (Wildman–Crippen LogP) is 3.24. The van der Waals surface area contributed by atoms with Crippen molar-refractivity contribution in [1.29, 1.82) is 0 Å². The summed E-state index contributed by atoms with van der Waals surface area (Å²) in [5.41, 5.74) is 6.74. The Kier molecular flexibility index (Phi) is 3.45. The third-order valence-corrected chi connectivity index (χ3v) is 2.76. The Morgan fingerprint density at radius 2 is 2.00 bits per heavy atom. The smallest absolute Gasteiger partial charge is 0.123 e. The summed E-state index contributed by atoms with van der Waals surface area (Å²) in [6.07, 6.45) is 0. The van der Waals surface area contributed by atoms with E-state index >= 15 is 0 Å². The molecule has 0 amide bonds. The van der Waals surface area contributed by atoms with Crippen molar-refractivity contribution in [3.05, 3.63) is 34.1 Å². The van der Waals surface area contributed by atoms with Crippen LogP contribution < -0.4 is 5.73 Å². The second-order valence-electron chi connectivity index (χ2n) is 3.44. The zero-order valence-electron chi connectivity index (χ0n) is 7.72. The summed E-state index contributed by atoms with van der Waals surface area (Å²) >= 11 is 3.35. The average Bonchev–Trinajstić information content (AvgIpc) is 2.08. The number of benzene rings is 1. The molecule has 1 unspecified atom stereocenters. The molecule has 0 aliphatic rings. The molecular formula is C10H13BrFN. The van der Waals surface area contributed by atoms with Crippen LogP contribution in [0.4, 0.5) is 4.39 Å². The minimum absolute atomic E-state index is 0.120. The van der Waals surface area contributed by atoms with Crippen molar-refractivity contribution in [2.24, 2.45) is 11.7 Å². The Labute approximate surface area is 86.3 Å². The van der Waals surface area contributed by atoms with Gasteiger partial charge in [-0.3, -0.25) is 0 Å². The topological polar surface area (TPSA) is 26.0 Å². The monoisotopic (exact) mass is 245 g/mol. The van der Waals surface area contributed by atoms with Crippen LogP contribution in [0.3, 0.4) is 0 Å². The molecule has 72 valence electrons. The van der Waals surface area contributed by atoms with E-state index in [4.69, 9.17) is 5.73 Å². The molecule has 0 aromatic heterocycles. The number of hydrogen-bond acceptors (Lipinski definition) is 1. The summed E-state index contributed by atoms with van der Waals surface area (Å²) in [6.45, 7) is 4.03. The fourth-order valence-corrected chi connectivity index (χ4v) is 1.64. The Hall–Kier alpha value is -0.410. The molecule has 0 aliphatic heterocycles. The van der Waals surface area contributed by atoms with Crippen LogP contribution in [-0.2, 0) is 0 Å². The van der Waals surface area contributed by atoms with Crippen LogP contribution in [0, 0.1) is 11.7 Å². The average molecular weight is 246 g/mol. The lowest BCUT2D eigenvalue weighted by molar-refractivity contribution is 0.508. The van der Waals surface area contributed by atoms with E-state index in [1.54, 1.807) is 6.07 Å². The maximum Gasteiger partial charge on any atom is 0.123 e. The van der Waals surface area contributed by atoms with Crippen molar-refractivity contribution < 1.29 is 4.39 Å². The lowest BCUT2D eigenvalue weighted by Gasteiger charge is -2.17. The van der Waals surface area contributed by atoms with Gasteiger partial charge in [0.1, 0.15) is 5.82 Å². The second kappa shape index (κ2) is 4.20. The van der Waals surface area contributed by atoms with Crippen LogP contribution >= 0.6 is 15.9 Å². The first kappa shape index (κ1) is 10.7. The first-order valence-electron chi connectivity index (χ1n) is 4.23. The van der Waals surface area contributed by atoms with E-state index in [-0.39, 0.29) is 11.9 Å². The van der Waals surface area contributed by atoms with Crippen molar-refractivity contribution in [3.63, 3.8) is 0 Å². The first-order chi connectivity index (χ1) is 6.02. The largest absolute Gasteiger partial charge is 0.324 e. The van der Waals surface area contributed by atoms with Gasteiger partial charge in [0.05, 0.1) is 0 Å². The lowest BCUT2D eigenvalue weighted by atomic mass is 9.97. The van der Waals surface area contributed by atoms with Gasteiger partial charge < -0.3 is 5.73 Å². The van der Waals surface area contributed by atoms with Gasteiger partial charge in [0, 0.05) is 10.5 Å². The fourth-order valence-electron chi connectivity index (χ4n) is 1.13. The van der Waals surface area contributed by atoms with Crippen LogP contribution in [0.15, 0.2) is 22.7 Å². The Balaban J connectivity index is 3.05. The standard InChI is InChI=1S/C10H13BrFN/c1-6(2)10(13)8-5-7(12)3-4-9(8)11/h3-6,10H,13H2,1-2H3. The van der Waals surface area contributed by atoms with E-state index < -0.39 is 0 Å². The third-order valence-electron chi connectivity index (χ3n) is 2.04. The number of hydrogen-bond donors (Lipinski definition) is 1. The van der Waals surface area contributed by atoms with Crippen molar-refractivity contribution in [1.82, 2.24) is 0 Å². The quantitative estimate of drug-likeness (QED) is 0.851. The Bertz CT molecular complexity index is 299. The third kappa shape index (κ3) is 2.51. The first-order valence-corrected chi connectivity index (χ1v) is 5.02. The maximum absolute atomic E-state index is 12.9. The number of rotatable bonds is 2. The molecule has 1 atom stereocenters. The van der Waals surface area contributed by atoms with E-state index in [1.807, 2.05) is 13.8 Å². The molecule has 0 saturated carbocycles. The highest BCUT2D eigenvalue weighted by atomic mass is 79.9. The molecule has 0 fully saturated rings. The molecule has 1 rings (SSSR count). The zero-order chi connectivity index (χ0) is 10.0. The molecule has 0 bridgehead atoms. The van der Waals surface area contributed by atoms with E-state index in [0.29, 0.717) is 5.92 Å². The van der Waals surface area contributed by atoms with Crippen LogP contribution in [0.25, 0.3) is 0 Å². The second-order valence-corrected chi connectivity index (χ2v) is 4.29. The van der Waals surface area contributed by atoms with Crippen LogP contribution in [0.2, 0.25) is 0 Å². The minimum Gasteiger partial charge on any atom is -0.324 e. The van der Waals surface area contributed by atoms with Gasteiger partial charge >= 0.3 is 0 Å². The molecule has 0 aliphatic carbocycles. The van der Waals surface area contributed by atoms with Crippen molar-refractivity contribution >= 4 is 15.9 Å². The predicted molar refractivity (Wildman–Crippen MR) is 55.9 cm³/mol. The molecule has 0 radical (unpaired) electrons. The van der Waals surface area contributed by atoms with Gasteiger partial charge in [-0.25, -0.2) is 4.39 Å². The molecule has 0 spiro atoms. The van der Waals surface area contributed by atoms with Crippen molar-refractivity contribution in [2.45, 2.75) is 19.9 Å². The molecular weight excluding hydrogens is 233 g/mol. The normalized spacial score (nSPS) is 13.4. The summed E-state index contributed by atoms with van der Waals surface area (Å²) in [4.78, 5) is 0. The zero-order valence-corrected chi connectivity index (χ0v) is 9.31. The van der Waals surface area contributed by atoms with Gasteiger partial charge in [-0.15, -0.1) is 0 Å². The summed E-state index contributed by atoms with van der Waals surface area (Å²) in [6, 6.07) is 4.47. The van der Waals surface area contributed by atoms with Gasteiger partial charge in [-0.05, 0) is 29.7 Å². The van der Waals surface area contributed by atoms with E-state index in [2.05, 4.69) is 15.9 Å². The Morgan fingerprint density at radius 1 is 1.38 bits per heavy atom. The highest BCUT2D eigenvalue weighted by molar-refractivity contribution is 9.10. The van der Waals surface area contributed by atoms with E-state index in [9.17, 15) is 4.39 Å². The maximum atomic E-state index is 12.9. The molecule has 1 nitrogen and oxygen atoms in total. The molecule has 13 heavy (non-hydrogen) atoms. The molecule has 2 N–H and O–H groups in total. The van der Waals surface area contributed by atoms with Crippen LogP contribution in [-0.4, -0.2) is 0 Å². The number of halogens is 2. The van der Waals surface area contributed by atoms with Gasteiger partial charge in [-0.2, -0.15) is 0 Å². The summed E-state index contributed by atoms with van der Waals surface area (Å²) < 4.78 is 13.8. The molecule has 0 heterocycles. The minimum atomic E-state index is -0.241. The summed E-state index contributed by atoms with van der Waals surface area (Å²) in [7, 11) is 0. The van der Waals surface area contributed by atoms with Gasteiger partial charge in [0.2, 0.25) is 0 Å².